The van der Waals surface area contributed by atoms with E-state index in [1.165, 1.54) is 0 Å². The van der Waals surface area contributed by atoms with Gasteiger partial charge < -0.3 is 14.4 Å². The van der Waals surface area contributed by atoms with Crippen LogP contribution in [0.25, 0.3) is 0 Å². The van der Waals surface area contributed by atoms with E-state index in [2.05, 4.69) is 29.8 Å². The van der Waals surface area contributed by atoms with Crippen molar-refractivity contribution in [2.24, 2.45) is 0 Å². The first-order chi connectivity index (χ1) is 12.7. The van der Waals surface area contributed by atoms with Crippen LogP contribution in [-0.2, 0) is 0 Å². The predicted octanol–water partition coefficient (Wildman–Crippen LogP) is 5.17. The summed E-state index contributed by atoms with van der Waals surface area (Å²) in [5.74, 6) is 1.59. The smallest absolute Gasteiger partial charge is 0.253 e. The van der Waals surface area contributed by atoms with Gasteiger partial charge in [-0.25, -0.2) is 0 Å². The lowest BCUT2D eigenvalue weighted by Crippen LogP contribution is -2.32. The SMILES string of the molecule is CCCN(CCC)C(=O)c1ccc(OCCOc2ccccc2)c(Br)c1. The zero-order valence-corrected chi connectivity index (χ0v) is 17.0. The van der Waals surface area contributed by atoms with Crippen LogP contribution in [0.3, 0.4) is 0 Å². The lowest BCUT2D eigenvalue weighted by atomic mass is 10.2. The van der Waals surface area contributed by atoms with Crippen molar-refractivity contribution in [2.75, 3.05) is 26.3 Å². The molecule has 0 heterocycles. The zero-order valence-electron chi connectivity index (χ0n) is 15.4. The summed E-state index contributed by atoms with van der Waals surface area (Å²) in [6.07, 6.45) is 1.91. The van der Waals surface area contributed by atoms with E-state index in [4.69, 9.17) is 9.47 Å². The average Bonchev–Trinajstić information content (AvgIpc) is 2.66. The molecular formula is C21H26BrNO3. The molecule has 0 aromatic heterocycles. The second-order valence-corrected chi connectivity index (χ2v) is 6.80. The maximum absolute atomic E-state index is 12.6. The number of rotatable bonds is 10. The monoisotopic (exact) mass is 419 g/mol. The Morgan fingerprint density at radius 1 is 0.962 bits per heavy atom. The van der Waals surface area contributed by atoms with Crippen molar-refractivity contribution in [3.05, 3.63) is 58.6 Å². The number of para-hydroxylation sites is 1. The summed E-state index contributed by atoms with van der Waals surface area (Å²) in [5.41, 5.74) is 0.673. The minimum atomic E-state index is 0.0633. The van der Waals surface area contributed by atoms with E-state index in [9.17, 15) is 4.79 Å². The number of carbonyl (C=O) groups excluding carboxylic acids is 1. The summed E-state index contributed by atoms with van der Waals surface area (Å²) in [6, 6.07) is 15.1. The molecule has 0 radical (unpaired) electrons. The van der Waals surface area contributed by atoms with Gasteiger partial charge in [0.05, 0.1) is 4.47 Å². The molecule has 26 heavy (non-hydrogen) atoms. The van der Waals surface area contributed by atoms with Crippen LogP contribution in [0.4, 0.5) is 0 Å². The molecule has 0 aliphatic rings. The van der Waals surface area contributed by atoms with Gasteiger partial charge in [0.2, 0.25) is 0 Å². The van der Waals surface area contributed by atoms with Crippen molar-refractivity contribution >= 4 is 21.8 Å². The van der Waals surface area contributed by atoms with Crippen molar-refractivity contribution in [3.63, 3.8) is 0 Å². The van der Waals surface area contributed by atoms with Gasteiger partial charge >= 0.3 is 0 Å². The number of hydrogen-bond donors (Lipinski definition) is 0. The average molecular weight is 420 g/mol. The Morgan fingerprint density at radius 2 is 1.62 bits per heavy atom. The summed E-state index contributed by atoms with van der Waals surface area (Å²) in [5, 5.41) is 0. The fourth-order valence-electron chi connectivity index (χ4n) is 2.62. The standard InChI is InChI=1S/C21H26BrNO3/c1-3-12-23(13-4-2)21(24)17-10-11-20(19(22)16-17)26-15-14-25-18-8-6-5-7-9-18/h5-11,16H,3-4,12-15H2,1-2H3. The van der Waals surface area contributed by atoms with E-state index in [-0.39, 0.29) is 5.91 Å². The maximum atomic E-state index is 12.6. The highest BCUT2D eigenvalue weighted by atomic mass is 79.9. The van der Waals surface area contributed by atoms with Crippen LogP contribution in [0.1, 0.15) is 37.0 Å². The largest absolute Gasteiger partial charge is 0.490 e. The van der Waals surface area contributed by atoms with Crippen molar-refractivity contribution in [1.29, 1.82) is 0 Å². The summed E-state index contributed by atoms with van der Waals surface area (Å²) < 4.78 is 12.1. The number of nitrogens with zero attached hydrogens (tertiary/aromatic N) is 1. The molecule has 0 spiro atoms. The second-order valence-electron chi connectivity index (χ2n) is 5.95. The van der Waals surface area contributed by atoms with E-state index >= 15 is 0 Å². The molecule has 0 N–H and O–H groups in total. The molecule has 0 atom stereocenters. The topological polar surface area (TPSA) is 38.8 Å². The Morgan fingerprint density at radius 3 is 2.23 bits per heavy atom. The first kappa shape index (κ1) is 20.3. The highest BCUT2D eigenvalue weighted by Gasteiger charge is 2.15. The summed E-state index contributed by atoms with van der Waals surface area (Å²) in [6.45, 7) is 6.61. The van der Waals surface area contributed by atoms with E-state index < -0.39 is 0 Å². The van der Waals surface area contributed by atoms with Gasteiger partial charge in [-0.3, -0.25) is 4.79 Å². The van der Waals surface area contributed by atoms with Gasteiger partial charge in [-0.1, -0.05) is 32.0 Å². The molecule has 140 valence electrons. The lowest BCUT2D eigenvalue weighted by molar-refractivity contribution is 0.0755. The van der Waals surface area contributed by atoms with Crippen LogP contribution < -0.4 is 9.47 Å². The van der Waals surface area contributed by atoms with Crippen LogP contribution in [0.2, 0.25) is 0 Å². The van der Waals surface area contributed by atoms with Crippen LogP contribution >= 0.6 is 15.9 Å². The Balaban J connectivity index is 1.90. The van der Waals surface area contributed by atoms with Gasteiger partial charge in [0, 0.05) is 18.7 Å². The van der Waals surface area contributed by atoms with Crippen LogP contribution in [0.5, 0.6) is 11.5 Å². The Hall–Kier alpha value is -2.01. The fourth-order valence-corrected chi connectivity index (χ4v) is 3.11. The minimum absolute atomic E-state index is 0.0633. The number of hydrogen-bond acceptors (Lipinski definition) is 3. The third kappa shape index (κ3) is 6.06. The van der Waals surface area contributed by atoms with Crippen molar-refractivity contribution in [1.82, 2.24) is 4.90 Å². The maximum Gasteiger partial charge on any atom is 0.253 e. The van der Waals surface area contributed by atoms with Crippen LogP contribution in [0.15, 0.2) is 53.0 Å². The molecule has 0 fully saturated rings. The third-order valence-corrected chi connectivity index (χ3v) is 4.43. The predicted molar refractivity (Wildman–Crippen MR) is 108 cm³/mol. The van der Waals surface area contributed by atoms with Gasteiger partial charge in [0.25, 0.3) is 5.91 Å². The van der Waals surface area contributed by atoms with Gasteiger partial charge in [0.1, 0.15) is 24.7 Å². The van der Waals surface area contributed by atoms with Crippen molar-refractivity contribution < 1.29 is 14.3 Å². The molecule has 0 saturated carbocycles. The molecule has 0 unspecified atom stereocenters. The highest BCUT2D eigenvalue weighted by Crippen LogP contribution is 2.26. The van der Waals surface area contributed by atoms with Crippen LogP contribution in [0, 0.1) is 0 Å². The van der Waals surface area contributed by atoms with E-state index in [0.29, 0.717) is 24.5 Å². The summed E-state index contributed by atoms with van der Waals surface area (Å²) in [4.78, 5) is 14.5. The molecule has 0 bridgehead atoms. The first-order valence-electron chi connectivity index (χ1n) is 9.05. The van der Waals surface area contributed by atoms with Gasteiger partial charge in [0.15, 0.2) is 0 Å². The molecule has 0 aliphatic carbocycles. The number of carbonyl (C=O) groups is 1. The van der Waals surface area contributed by atoms with Gasteiger partial charge in [-0.05, 0) is 59.1 Å². The number of ether oxygens (including phenoxy) is 2. The van der Waals surface area contributed by atoms with E-state index in [1.54, 1.807) is 0 Å². The normalized spacial score (nSPS) is 10.4. The van der Waals surface area contributed by atoms with E-state index in [0.717, 1.165) is 36.2 Å². The molecule has 2 rings (SSSR count). The highest BCUT2D eigenvalue weighted by molar-refractivity contribution is 9.10. The molecule has 5 heteroatoms. The third-order valence-electron chi connectivity index (χ3n) is 3.81. The lowest BCUT2D eigenvalue weighted by Gasteiger charge is -2.21. The fraction of sp³-hybridized carbons (Fsp3) is 0.381. The van der Waals surface area contributed by atoms with E-state index in [1.807, 2.05) is 53.4 Å². The Kier molecular flexibility index (Phi) is 8.48. The second kappa shape index (κ2) is 10.9. The first-order valence-corrected chi connectivity index (χ1v) is 9.84. The van der Waals surface area contributed by atoms with Crippen molar-refractivity contribution in [2.45, 2.75) is 26.7 Å². The number of benzene rings is 2. The molecule has 1 amide bonds. The quantitative estimate of drug-likeness (QED) is 0.498. The molecule has 0 aliphatic heterocycles. The summed E-state index contributed by atoms with van der Waals surface area (Å²) in [7, 11) is 0. The van der Waals surface area contributed by atoms with Crippen molar-refractivity contribution in [3.8, 4) is 11.5 Å². The Bertz CT molecular complexity index is 685. The molecule has 4 nitrogen and oxygen atoms in total. The summed E-state index contributed by atoms with van der Waals surface area (Å²) >= 11 is 3.50. The van der Waals surface area contributed by atoms with Gasteiger partial charge in [-0.15, -0.1) is 0 Å². The minimum Gasteiger partial charge on any atom is -0.490 e. The molecular weight excluding hydrogens is 394 g/mol. The molecule has 0 saturated heterocycles. The number of amides is 1. The zero-order chi connectivity index (χ0) is 18.8. The Labute approximate surface area is 164 Å². The van der Waals surface area contributed by atoms with Crippen LogP contribution in [-0.4, -0.2) is 37.1 Å². The molecule has 2 aromatic carbocycles. The van der Waals surface area contributed by atoms with Gasteiger partial charge in [-0.2, -0.15) is 0 Å². The molecule has 2 aromatic rings. The number of halogens is 1.